The van der Waals surface area contributed by atoms with Gasteiger partial charge in [0, 0.05) is 7.05 Å². The number of benzene rings is 1. The van der Waals surface area contributed by atoms with E-state index in [2.05, 4.69) is 30.9 Å². The zero-order valence-electron chi connectivity index (χ0n) is 15.5. The van der Waals surface area contributed by atoms with Crippen molar-refractivity contribution in [3.05, 3.63) is 52.7 Å². The van der Waals surface area contributed by atoms with Crippen LogP contribution in [-0.4, -0.2) is 37.1 Å². The minimum atomic E-state index is -0.836. The summed E-state index contributed by atoms with van der Waals surface area (Å²) >= 11 is 0. The molecule has 1 N–H and O–H groups in total. The molecule has 138 valence electrons. The summed E-state index contributed by atoms with van der Waals surface area (Å²) in [6.45, 7) is 6.53. The van der Waals surface area contributed by atoms with Gasteiger partial charge in [-0.1, -0.05) is 39.0 Å². The van der Waals surface area contributed by atoms with Crippen molar-refractivity contribution in [1.29, 1.82) is 0 Å². The highest BCUT2D eigenvalue weighted by atomic mass is 16.5. The Labute approximate surface area is 151 Å². The molecule has 3 rings (SSSR count). The fourth-order valence-electron chi connectivity index (χ4n) is 2.87. The first kappa shape index (κ1) is 18.1. The van der Waals surface area contributed by atoms with Crippen molar-refractivity contribution in [2.45, 2.75) is 38.8 Å². The van der Waals surface area contributed by atoms with E-state index in [1.54, 1.807) is 11.7 Å². The number of ether oxygens (including phenoxy) is 1. The summed E-state index contributed by atoms with van der Waals surface area (Å²) < 4.78 is 8.76. The first-order chi connectivity index (χ1) is 12.3. The molecule has 2 heterocycles. The highest BCUT2D eigenvalue weighted by Crippen LogP contribution is 2.30. The number of para-hydroxylation sites is 1. The van der Waals surface area contributed by atoms with Gasteiger partial charge in [0.2, 0.25) is 0 Å². The van der Waals surface area contributed by atoms with Crippen LogP contribution in [0.4, 0.5) is 0 Å². The fourth-order valence-corrected chi connectivity index (χ4v) is 2.87. The Morgan fingerprint density at radius 3 is 2.73 bits per heavy atom. The van der Waals surface area contributed by atoms with E-state index >= 15 is 0 Å². The van der Waals surface area contributed by atoms with Crippen molar-refractivity contribution in [3.63, 3.8) is 0 Å². The van der Waals surface area contributed by atoms with Crippen LogP contribution in [0.5, 0.6) is 5.75 Å². The topological polar surface area (TPSA) is 82.2 Å². The summed E-state index contributed by atoms with van der Waals surface area (Å²) in [5, 5.41) is 14.8. The van der Waals surface area contributed by atoms with Crippen LogP contribution in [0.25, 0.3) is 11.0 Å². The van der Waals surface area contributed by atoms with E-state index in [0.717, 1.165) is 11.3 Å². The van der Waals surface area contributed by atoms with Gasteiger partial charge in [-0.2, -0.15) is 5.10 Å². The number of fused-ring (bicyclic) bond motifs is 1. The molecule has 0 saturated heterocycles. The molecule has 0 unspecified atom stereocenters. The normalized spacial score (nSPS) is 13.1. The monoisotopic (exact) mass is 356 g/mol. The van der Waals surface area contributed by atoms with Gasteiger partial charge in [0.15, 0.2) is 5.65 Å². The molecular formula is C19H24N4O3. The molecule has 7 nitrogen and oxygen atoms in total. The number of nitrogens with zero attached hydrogens (tertiary/aromatic N) is 4. The summed E-state index contributed by atoms with van der Waals surface area (Å²) in [7, 11) is 1.73. The molecule has 0 fully saturated rings. The minimum absolute atomic E-state index is 0.0618. The highest BCUT2D eigenvalue weighted by Gasteiger charge is 2.19. The van der Waals surface area contributed by atoms with Gasteiger partial charge < -0.3 is 9.84 Å². The maximum atomic E-state index is 12.5. The van der Waals surface area contributed by atoms with Gasteiger partial charge in [-0.15, -0.1) is 0 Å². The molecule has 26 heavy (non-hydrogen) atoms. The van der Waals surface area contributed by atoms with Crippen molar-refractivity contribution >= 4 is 11.0 Å². The number of aryl methyl sites for hydroxylation is 1. The van der Waals surface area contributed by atoms with E-state index in [9.17, 15) is 9.90 Å². The number of aliphatic hydroxyl groups is 1. The first-order valence-corrected chi connectivity index (χ1v) is 8.55. The van der Waals surface area contributed by atoms with Crippen LogP contribution in [0, 0.1) is 0 Å². The summed E-state index contributed by atoms with van der Waals surface area (Å²) in [6.07, 6.45) is 2.08. The van der Waals surface area contributed by atoms with Crippen LogP contribution < -0.4 is 10.3 Å². The van der Waals surface area contributed by atoms with Gasteiger partial charge in [-0.05, 0) is 17.0 Å². The molecule has 0 aliphatic heterocycles. The maximum absolute atomic E-state index is 12.5. The Morgan fingerprint density at radius 1 is 1.27 bits per heavy atom. The first-order valence-electron chi connectivity index (χ1n) is 8.55. The lowest BCUT2D eigenvalue weighted by atomic mass is 9.86. The van der Waals surface area contributed by atoms with Gasteiger partial charge in [0.05, 0.1) is 12.7 Å². The second kappa shape index (κ2) is 6.92. The third kappa shape index (κ3) is 3.62. The lowest BCUT2D eigenvalue weighted by Crippen LogP contribution is -2.30. The van der Waals surface area contributed by atoms with E-state index < -0.39 is 6.10 Å². The molecule has 2 aromatic heterocycles. The predicted molar refractivity (Wildman–Crippen MR) is 99.4 cm³/mol. The minimum Gasteiger partial charge on any atom is -0.491 e. The molecule has 0 spiro atoms. The van der Waals surface area contributed by atoms with E-state index in [-0.39, 0.29) is 24.1 Å². The summed E-state index contributed by atoms with van der Waals surface area (Å²) in [5.74, 6) is 0.743. The second-order valence-corrected chi connectivity index (χ2v) is 7.42. The molecular weight excluding hydrogens is 332 g/mol. The number of aliphatic hydroxyl groups excluding tert-OH is 1. The average molecular weight is 356 g/mol. The quantitative estimate of drug-likeness (QED) is 0.755. The van der Waals surface area contributed by atoms with Crippen molar-refractivity contribution in [2.24, 2.45) is 7.05 Å². The van der Waals surface area contributed by atoms with Crippen LogP contribution in [0.2, 0.25) is 0 Å². The van der Waals surface area contributed by atoms with E-state index in [1.807, 2.05) is 24.3 Å². The Bertz CT molecular complexity index is 969. The molecule has 0 aliphatic carbocycles. The molecule has 0 bridgehead atoms. The van der Waals surface area contributed by atoms with Crippen LogP contribution >= 0.6 is 0 Å². The lowest BCUT2D eigenvalue weighted by molar-refractivity contribution is 0.0905. The van der Waals surface area contributed by atoms with Gasteiger partial charge in [-0.3, -0.25) is 14.0 Å². The predicted octanol–water partition coefficient (Wildman–Crippen LogP) is 1.87. The summed E-state index contributed by atoms with van der Waals surface area (Å²) in [4.78, 5) is 16.7. The zero-order chi connectivity index (χ0) is 18.9. The number of hydrogen-bond acceptors (Lipinski definition) is 5. The van der Waals surface area contributed by atoms with Crippen LogP contribution in [0.1, 0.15) is 26.3 Å². The highest BCUT2D eigenvalue weighted by molar-refractivity contribution is 5.72. The van der Waals surface area contributed by atoms with E-state index in [0.29, 0.717) is 11.0 Å². The number of aromatic nitrogens is 4. The molecule has 0 aliphatic rings. The second-order valence-electron chi connectivity index (χ2n) is 7.42. The summed E-state index contributed by atoms with van der Waals surface area (Å²) in [5.41, 5.74) is 1.31. The molecule has 7 heteroatoms. The van der Waals surface area contributed by atoms with Crippen molar-refractivity contribution in [2.75, 3.05) is 6.61 Å². The SMILES string of the molecule is Cn1ncc2c(=O)n(C[C@@H](O)COc3ccccc3C(C)(C)C)cnc21. The van der Waals surface area contributed by atoms with Gasteiger partial charge in [-0.25, -0.2) is 4.98 Å². The van der Waals surface area contributed by atoms with Crippen molar-refractivity contribution in [1.82, 2.24) is 19.3 Å². The average Bonchev–Trinajstić information content (AvgIpc) is 2.97. The Morgan fingerprint density at radius 2 is 2.00 bits per heavy atom. The van der Waals surface area contributed by atoms with Crippen LogP contribution in [0.3, 0.4) is 0 Å². The third-order valence-corrected chi connectivity index (χ3v) is 4.25. The number of hydrogen-bond donors (Lipinski definition) is 1. The van der Waals surface area contributed by atoms with Crippen LogP contribution in [0.15, 0.2) is 41.6 Å². The lowest BCUT2D eigenvalue weighted by Gasteiger charge is -2.23. The van der Waals surface area contributed by atoms with E-state index in [4.69, 9.17) is 4.74 Å². The standard InChI is InChI=1S/C19H24N4O3/c1-19(2,3)15-7-5-6-8-16(15)26-11-13(24)10-23-12-20-17-14(18(23)25)9-21-22(17)4/h5-9,12-13,24H,10-11H2,1-4H3/t13-/m1/s1. The third-order valence-electron chi connectivity index (χ3n) is 4.25. The molecule has 0 amide bonds. The van der Waals surface area contributed by atoms with Crippen molar-refractivity contribution in [3.8, 4) is 5.75 Å². The Hall–Kier alpha value is -2.67. The largest absolute Gasteiger partial charge is 0.491 e. The van der Waals surface area contributed by atoms with Gasteiger partial charge in [0.25, 0.3) is 5.56 Å². The Kier molecular flexibility index (Phi) is 4.82. The molecule has 0 radical (unpaired) electrons. The van der Waals surface area contributed by atoms with Crippen molar-refractivity contribution < 1.29 is 9.84 Å². The summed E-state index contributed by atoms with van der Waals surface area (Å²) in [6, 6.07) is 7.79. The van der Waals surface area contributed by atoms with Crippen LogP contribution in [-0.2, 0) is 19.0 Å². The molecule has 1 aromatic carbocycles. The fraction of sp³-hybridized carbons (Fsp3) is 0.421. The molecule has 0 saturated carbocycles. The van der Waals surface area contributed by atoms with Gasteiger partial charge >= 0.3 is 0 Å². The number of rotatable bonds is 5. The zero-order valence-corrected chi connectivity index (χ0v) is 15.5. The maximum Gasteiger partial charge on any atom is 0.264 e. The Balaban J connectivity index is 1.72. The van der Waals surface area contributed by atoms with E-state index in [1.165, 1.54) is 17.1 Å². The smallest absolute Gasteiger partial charge is 0.264 e. The van der Waals surface area contributed by atoms with Gasteiger partial charge in [0.1, 0.15) is 30.2 Å². The molecule has 3 aromatic rings. The molecule has 1 atom stereocenters.